The van der Waals surface area contributed by atoms with Crippen LogP contribution in [0.2, 0.25) is 10.0 Å². The third-order valence-corrected chi connectivity index (χ3v) is 5.90. The molecule has 1 fully saturated rings. The molecule has 0 saturated carbocycles. The Kier molecular flexibility index (Phi) is 4.82. The van der Waals surface area contributed by atoms with E-state index >= 15 is 0 Å². The molecular formula is C18H19Cl2N5O2. The van der Waals surface area contributed by atoms with Gasteiger partial charge in [-0.2, -0.15) is 0 Å². The number of carbonyl (C=O) groups excluding carboxylic acids is 2. The highest BCUT2D eigenvalue weighted by Gasteiger charge is 2.44. The van der Waals surface area contributed by atoms with Crippen molar-refractivity contribution >= 4 is 35.1 Å². The fourth-order valence-electron chi connectivity index (χ4n) is 3.71. The van der Waals surface area contributed by atoms with Crippen LogP contribution >= 0.6 is 23.2 Å². The molecule has 2 aliphatic rings. The Morgan fingerprint density at radius 1 is 1.11 bits per heavy atom. The van der Waals surface area contributed by atoms with Crippen LogP contribution in [-0.2, 0) is 24.3 Å². The van der Waals surface area contributed by atoms with Crippen LogP contribution in [0.1, 0.15) is 42.5 Å². The topological polar surface area (TPSA) is 71.3 Å². The molecule has 1 aromatic carbocycles. The first-order chi connectivity index (χ1) is 13.0. The van der Waals surface area contributed by atoms with Crippen molar-refractivity contribution in [1.29, 1.82) is 0 Å². The molecule has 0 bridgehead atoms. The summed E-state index contributed by atoms with van der Waals surface area (Å²) in [6, 6.07) is 3.89. The highest BCUT2D eigenvalue weighted by atomic mass is 35.5. The minimum absolute atomic E-state index is 0.118. The summed E-state index contributed by atoms with van der Waals surface area (Å²) in [5, 5.41) is 9.23. The van der Waals surface area contributed by atoms with E-state index in [2.05, 4.69) is 10.2 Å². The molecule has 2 aliphatic heterocycles. The van der Waals surface area contributed by atoms with Crippen LogP contribution < -0.4 is 0 Å². The van der Waals surface area contributed by atoms with Gasteiger partial charge in [-0.3, -0.25) is 9.69 Å². The molecule has 0 unspecified atom stereocenters. The molecule has 142 valence electrons. The Hall–Kier alpha value is -2.12. The SMILES string of the molecule is CN1C(=O)N(Cc2nnc3n2CCCCC3)C(=O)[C@@H]1c1ccc(Cl)c(Cl)c1. The van der Waals surface area contributed by atoms with Crippen LogP contribution in [0.4, 0.5) is 4.79 Å². The molecule has 27 heavy (non-hydrogen) atoms. The highest BCUT2D eigenvalue weighted by Crippen LogP contribution is 2.34. The number of benzene rings is 1. The van der Waals surface area contributed by atoms with Crippen molar-refractivity contribution in [3.05, 3.63) is 45.5 Å². The van der Waals surface area contributed by atoms with E-state index in [1.807, 2.05) is 4.57 Å². The Morgan fingerprint density at radius 2 is 1.93 bits per heavy atom. The molecule has 3 amide bonds. The third kappa shape index (κ3) is 3.19. The van der Waals surface area contributed by atoms with Crippen molar-refractivity contribution in [2.24, 2.45) is 0 Å². The first-order valence-electron chi connectivity index (χ1n) is 8.91. The van der Waals surface area contributed by atoms with Gasteiger partial charge in [0.1, 0.15) is 11.9 Å². The van der Waals surface area contributed by atoms with Crippen LogP contribution in [0.25, 0.3) is 0 Å². The monoisotopic (exact) mass is 407 g/mol. The molecule has 2 aromatic rings. The van der Waals surface area contributed by atoms with Crippen molar-refractivity contribution in [3.63, 3.8) is 0 Å². The number of nitrogens with zero attached hydrogens (tertiary/aromatic N) is 5. The zero-order chi connectivity index (χ0) is 19.1. The maximum atomic E-state index is 13.0. The molecule has 1 aromatic heterocycles. The Bertz CT molecular complexity index is 913. The first-order valence-corrected chi connectivity index (χ1v) is 9.67. The van der Waals surface area contributed by atoms with Crippen LogP contribution in [0.15, 0.2) is 18.2 Å². The summed E-state index contributed by atoms with van der Waals surface area (Å²) in [5.74, 6) is 1.28. The zero-order valence-electron chi connectivity index (χ0n) is 14.9. The summed E-state index contributed by atoms with van der Waals surface area (Å²) in [7, 11) is 1.61. The van der Waals surface area contributed by atoms with Crippen molar-refractivity contribution in [1.82, 2.24) is 24.6 Å². The standard InChI is InChI=1S/C18H19Cl2N5O2/c1-23-16(11-6-7-12(19)13(20)9-11)17(26)25(18(23)27)10-15-22-21-14-5-3-2-4-8-24(14)15/h6-7,9,16H,2-5,8,10H2,1H3/t16-/m0/s1. The van der Waals surface area contributed by atoms with Crippen molar-refractivity contribution in [3.8, 4) is 0 Å². The van der Waals surface area contributed by atoms with Crippen molar-refractivity contribution < 1.29 is 9.59 Å². The number of urea groups is 1. The van der Waals surface area contributed by atoms with E-state index < -0.39 is 6.04 Å². The fraction of sp³-hybridized carbons (Fsp3) is 0.444. The summed E-state index contributed by atoms with van der Waals surface area (Å²) in [4.78, 5) is 28.4. The first kappa shape index (κ1) is 18.3. The lowest BCUT2D eigenvalue weighted by atomic mass is 10.1. The molecular weight excluding hydrogens is 389 g/mol. The van der Waals surface area contributed by atoms with Crippen LogP contribution in [-0.4, -0.2) is 43.6 Å². The van der Waals surface area contributed by atoms with Gasteiger partial charge < -0.3 is 9.47 Å². The van der Waals surface area contributed by atoms with Gasteiger partial charge in [0.2, 0.25) is 0 Å². The molecule has 1 saturated heterocycles. The quantitative estimate of drug-likeness (QED) is 0.730. The Morgan fingerprint density at radius 3 is 2.70 bits per heavy atom. The van der Waals surface area contributed by atoms with Gasteiger partial charge in [-0.25, -0.2) is 4.79 Å². The van der Waals surface area contributed by atoms with E-state index in [9.17, 15) is 9.59 Å². The van der Waals surface area contributed by atoms with E-state index in [1.54, 1.807) is 25.2 Å². The zero-order valence-corrected chi connectivity index (χ0v) is 16.4. The molecule has 7 nitrogen and oxygen atoms in total. The minimum Gasteiger partial charge on any atom is -0.313 e. The molecule has 0 N–H and O–H groups in total. The van der Waals surface area contributed by atoms with Gasteiger partial charge in [-0.15, -0.1) is 10.2 Å². The lowest BCUT2D eigenvalue weighted by Gasteiger charge is -2.16. The van der Waals surface area contributed by atoms with E-state index in [-0.39, 0.29) is 18.5 Å². The number of hydrogen-bond acceptors (Lipinski definition) is 4. The second-order valence-corrected chi connectivity index (χ2v) is 7.70. The molecule has 9 heteroatoms. The van der Waals surface area contributed by atoms with Gasteiger partial charge in [0.15, 0.2) is 5.82 Å². The molecule has 0 spiro atoms. The molecule has 1 atom stereocenters. The molecule has 3 heterocycles. The number of rotatable bonds is 3. The van der Waals surface area contributed by atoms with Crippen LogP contribution in [0, 0.1) is 0 Å². The molecule has 0 radical (unpaired) electrons. The highest BCUT2D eigenvalue weighted by molar-refractivity contribution is 6.42. The smallest absolute Gasteiger partial charge is 0.313 e. The molecule has 4 rings (SSSR count). The van der Waals surface area contributed by atoms with Crippen molar-refractivity contribution in [2.45, 2.75) is 44.8 Å². The maximum absolute atomic E-state index is 13.0. The molecule has 0 aliphatic carbocycles. The summed E-state index contributed by atoms with van der Waals surface area (Å²) in [5.41, 5.74) is 0.632. The lowest BCUT2D eigenvalue weighted by Crippen LogP contribution is -2.32. The maximum Gasteiger partial charge on any atom is 0.327 e. The summed E-state index contributed by atoms with van der Waals surface area (Å²) >= 11 is 12.1. The number of likely N-dealkylation sites (N-methyl/N-ethyl adjacent to an activating group) is 1. The second-order valence-electron chi connectivity index (χ2n) is 6.89. The number of fused-ring (bicyclic) bond motifs is 1. The number of amides is 3. The van der Waals surface area contributed by atoms with Crippen molar-refractivity contribution in [2.75, 3.05) is 7.05 Å². The fourth-order valence-corrected chi connectivity index (χ4v) is 4.01. The number of hydrogen-bond donors (Lipinski definition) is 0. The Labute approximate surface area is 166 Å². The van der Waals surface area contributed by atoms with Gasteiger partial charge in [0.05, 0.1) is 16.6 Å². The number of imide groups is 1. The normalized spacial score (nSPS) is 20.2. The van der Waals surface area contributed by atoms with E-state index in [0.717, 1.165) is 38.1 Å². The predicted octanol–water partition coefficient (Wildman–Crippen LogP) is 3.45. The van der Waals surface area contributed by atoms with Crippen LogP contribution in [0.3, 0.4) is 0 Å². The van der Waals surface area contributed by atoms with Gasteiger partial charge in [-0.05, 0) is 30.5 Å². The number of aromatic nitrogens is 3. The summed E-state index contributed by atoms with van der Waals surface area (Å²) in [6.45, 7) is 0.937. The second kappa shape index (κ2) is 7.13. The average Bonchev–Trinajstić information content (AvgIpc) is 2.99. The van der Waals surface area contributed by atoms with Gasteiger partial charge in [-0.1, -0.05) is 35.7 Å². The van der Waals surface area contributed by atoms with Gasteiger partial charge in [0, 0.05) is 20.0 Å². The van der Waals surface area contributed by atoms with E-state index in [1.165, 1.54) is 9.80 Å². The lowest BCUT2D eigenvalue weighted by molar-refractivity contribution is -0.128. The largest absolute Gasteiger partial charge is 0.327 e. The minimum atomic E-state index is -0.723. The summed E-state index contributed by atoms with van der Waals surface area (Å²) < 4.78 is 2.04. The summed E-state index contributed by atoms with van der Waals surface area (Å²) in [6.07, 6.45) is 4.15. The number of halogens is 2. The predicted molar refractivity (Wildman–Crippen MR) is 100 cm³/mol. The third-order valence-electron chi connectivity index (χ3n) is 5.16. The number of aryl methyl sites for hydroxylation is 1. The average molecular weight is 408 g/mol. The van der Waals surface area contributed by atoms with Gasteiger partial charge >= 0.3 is 6.03 Å². The van der Waals surface area contributed by atoms with E-state index in [0.29, 0.717) is 21.4 Å². The Balaban J connectivity index is 1.61. The van der Waals surface area contributed by atoms with Gasteiger partial charge in [0.25, 0.3) is 5.91 Å². The van der Waals surface area contributed by atoms with E-state index in [4.69, 9.17) is 23.2 Å². The van der Waals surface area contributed by atoms with Crippen LogP contribution in [0.5, 0.6) is 0 Å². The number of carbonyl (C=O) groups is 2.